The van der Waals surface area contributed by atoms with Crippen LogP contribution in [0, 0.1) is 0 Å². The molecule has 1 aliphatic carbocycles. The molecule has 1 aliphatic heterocycles. The molecule has 2 aliphatic rings. The van der Waals surface area contributed by atoms with Gasteiger partial charge >= 0.3 is 5.97 Å². The van der Waals surface area contributed by atoms with E-state index in [1.165, 1.54) is 6.08 Å². The zero-order valence-electron chi connectivity index (χ0n) is 18.0. The molecular weight excluding hydrogens is 454 g/mol. The van der Waals surface area contributed by atoms with Crippen molar-refractivity contribution in [3.05, 3.63) is 90.0 Å². The van der Waals surface area contributed by atoms with E-state index in [4.69, 9.17) is 9.84 Å². The van der Waals surface area contributed by atoms with Crippen LogP contribution in [0.5, 0.6) is 5.75 Å². The number of fused-ring (bicyclic) bond motifs is 3. The van der Waals surface area contributed by atoms with E-state index in [9.17, 15) is 18.3 Å². The minimum Gasteiger partial charge on any atom is -0.489 e. The van der Waals surface area contributed by atoms with Gasteiger partial charge in [0.25, 0.3) is 0 Å². The Hall–Kier alpha value is -3.46. The lowest BCUT2D eigenvalue weighted by Gasteiger charge is -2.22. The van der Waals surface area contributed by atoms with Crippen molar-refractivity contribution in [2.45, 2.75) is 35.5 Å². The molecule has 8 heteroatoms. The van der Waals surface area contributed by atoms with Gasteiger partial charge in [-0.1, -0.05) is 60.7 Å². The monoisotopic (exact) mass is 477 g/mol. The third-order valence-electron chi connectivity index (χ3n) is 6.35. The maximum Gasteiger partial charge on any atom is 0.328 e. The Bertz CT molecular complexity index is 1350. The highest BCUT2D eigenvalue weighted by molar-refractivity contribution is 7.89. The van der Waals surface area contributed by atoms with Gasteiger partial charge in [0.1, 0.15) is 11.9 Å². The van der Waals surface area contributed by atoms with E-state index in [-0.39, 0.29) is 17.2 Å². The quantitative estimate of drug-likeness (QED) is 0.469. The second kappa shape index (κ2) is 8.72. The third kappa shape index (κ3) is 4.11. The normalized spacial score (nSPS) is 23.4. The summed E-state index contributed by atoms with van der Waals surface area (Å²) in [5.74, 6) is -0.935. The van der Waals surface area contributed by atoms with Crippen molar-refractivity contribution < 1.29 is 28.2 Å². The summed E-state index contributed by atoms with van der Waals surface area (Å²) in [6.07, 6.45) is 1.42. The van der Waals surface area contributed by atoms with Gasteiger partial charge in [-0.3, -0.25) is 0 Å². The summed E-state index contributed by atoms with van der Waals surface area (Å²) >= 11 is 0. The smallest absolute Gasteiger partial charge is 0.328 e. The average Bonchev–Trinajstić information content (AvgIpc) is 3.34. The number of aliphatic carboxylic acids is 1. The van der Waals surface area contributed by atoms with E-state index < -0.39 is 34.2 Å². The third-order valence-corrected chi connectivity index (χ3v) is 7.82. The molecule has 3 N–H and O–H groups in total. The molecular formula is C26H23NO6S. The number of aliphatic hydroxyl groups excluding tert-OH is 1. The lowest BCUT2D eigenvalue weighted by atomic mass is 9.93. The van der Waals surface area contributed by atoms with E-state index in [0.717, 1.165) is 22.8 Å². The van der Waals surface area contributed by atoms with Crippen molar-refractivity contribution in [2.24, 2.45) is 0 Å². The summed E-state index contributed by atoms with van der Waals surface area (Å²) in [5.41, 5.74) is 3.24. The highest BCUT2D eigenvalue weighted by Gasteiger charge is 2.51. The molecule has 0 spiro atoms. The largest absolute Gasteiger partial charge is 0.489 e. The lowest BCUT2D eigenvalue weighted by Crippen LogP contribution is -2.43. The fraction of sp³-hybridized carbons (Fsp3) is 0.192. The number of aliphatic hydroxyl groups is 1. The van der Waals surface area contributed by atoms with Gasteiger partial charge in [-0.25, -0.2) is 17.9 Å². The molecule has 0 amide bonds. The number of hydrogen-bond donors (Lipinski definition) is 3. The average molecular weight is 478 g/mol. The van der Waals surface area contributed by atoms with Crippen LogP contribution in [0.2, 0.25) is 0 Å². The summed E-state index contributed by atoms with van der Waals surface area (Å²) in [7, 11) is -3.91. The maximum atomic E-state index is 13.2. The first-order chi connectivity index (χ1) is 16.3. The maximum absolute atomic E-state index is 13.2. The van der Waals surface area contributed by atoms with Crippen LogP contribution < -0.4 is 9.46 Å². The summed E-state index contributed by atoms with van der Waals surface area (Å²) in [6.45, 7) is 0. The Balaban J connectivity index is 1.41. The SMILES string of the molecule is O=C(O)C=Cc1cccc2c1OC1CC(O)C(NS(=O)(=O)c3ccc(-c4ccccc4)cc3)C21. The highest BCUT2D eigenvalue weighted by Crippen LogP contribution is 2.49. The standard InChI is InChI=1S/C26H23NO6S/c28-21-15-22-24(20-8-4-7-18(26(20)33-22)11-14-23(29)30)25(21)27-34(31,32)19-12-9-17(10-13-19)16-5-2-1-3-6-16/h1-14,21-22,24-25,27-28H,15H2,(H,29,30). The molecule has 7 nitrogen and oxygen atoms in total. The van der Waals surface area contributed by atoms with Crippen molar-refractivity contribution >= 4 is 22.1 Å². The molecule has 34 heavy (non-hydrogen) atoms. The van der Waals surface area contributed by atoms with Crippen LogP contribution in [0.3, 0.4) is 0 Å². The number of hydrogen-bond acceptors (Lipinski definition) is 5. The zero-order chi connectivity index (χ0) is 23.9. The first-order valence-corrected chi connectivity index (χ1v) is 12.4. The van der Waals surface area contributed by atoms with Crippen molar-refractivity contribution in [1.82, 2.24) is 4.72 Å². The molecule has 0 radical (unpaired) electrons. The van der Waals surface area contributed by atoms with Crippen LogP contribution in [-0.4, -0.2) is 42.8 Å². The van der Waals surface area contributed by atoms with Crippen molar-refractivity contribution in [3.63, 3.8) is 0 Å². The Kier molecular flexibility index (Phi) is 5.73. The number of ether oxygens (including phenoxy) is 1. The first kappa shape index (κ1) is 22.3. The lowest BCUT2D eigenvalue weighted by molar-refractivity contribution is -0.131. The molecule has 3 aromatic carbocycles. The molecule has 1 heterocycles. The van der Waals surface area contributed by atoms with Gasteiger partial charge in [-0.2, -0.15) is 0 Å². The molecule has 1 fully saturated rings. The molecule has 4 unspecified atom stereocenters. The van der Waals surface area contributed by atoms with Gasteiger partial charge in [-0.15, -0.1) is 0 Å². The Morgan fingerprint density at radius 2 is 1.68 bits per heavy atom. The Morgan fingerprint density at radius 3 is 2.38 bits per heavy atom. The summed E-state index contributed by atoms with van der Waals surface area (Å²) < 4.78 is 35.1. The topological polar surface area (TPSA) is 113 Å². The van der Waals surface area contributed by atoms with Gasteiger partial charge in [0.05, 0.1) is 17.0 Å². The molecule has 0 bridgehead atoms. The van der Waals surface area contributed by atoms with Gasteiger partial charge < -0.3 is 14.9 Å². The Labute approximate surface area is 197 Å². The zero-order valence-corrected chi connectivity index (χ0v) is 18.9. The number of carbonyl (C=O) groups is 1. The van der Waals surface area contributed by atoms with Crippen LogP contribution in [0.1, 0.15) is 23.5 Å². The van der Waals surface area contributed by atoms with E-state index >= 15 is 0 Å². The summed E-state index contributed by atoms with van der Waals surface area (Å²) in [6, 6.07) is 20.8. The van der Waals surface area contributed by atoms with Gasteiger partial charge in [0.15, 0.2) is 0 Å². The number of para-hydroxylation sites is 1. The fourth-order valence-electron chi connectivity index (χ4n) is 4.79. The van der Waals surface area contributed by atoms with E-state index in [2.05, 4.69) is 4.72 Å². The molecule has 174 valence electrons. The number of carboxylic acid groups (broad SMARTS) is 1. The number of benzene rings is 3. The van der Waals surface area contributed by atoms with Crippen molar-refractivity contribution in [1.29, 1.82) is 0 Å². The molecule has 0 saturated heterocycles. The predicted molar refractivity (Wildman–Crippen MR) is 127 cm³/mol. The molecule has 5 rings (SSSR count). The minimum absolute atomic E-state index is 0.111. The van der Waals surface area contributed by atoms with E-state index in [1.54, 1.807) is 36.4 Å². The van der Waals surface area contributed by atoms with Crippen LogP contribution in [0.4, 0.5) is 0 Å². The molecule has 0 aromatic heterocycles. The van der Waals surface area contributed by atoms with Crippen molar-refractivity contribution in [2.75, 3.05) is 0 Å². The van der Waals surface area contributed by atoms with Crippen LogP contribution in [0.25, 0.3) is 17.2 Å². The highest BCUT2D eigenvalue weighted by atomic mass is 32.2. The fourth-order valence-corrected chi connectivity index (χ4v) is 6.08. The van der Waals surface area contributed by atoms with E-state index in [1.807, 2.05) is 36.4 Å². The molecule has 3 aromatic rings. The summed E-state index contributed by atoms with van der Waals surface area (Å²) in [4.78, 5) is 11.0. The van der Waals surface area contributed by atoms with Crippen LogP contribution in [-0.2, 0) is 14.8 Å². The molecule has 1 saturated carbocycles. The number of rotatable bonds is 6. The minimum atomic E-state index is -3.91. The van der Waals surface area contributed by atoms with Crippen molar-refractivity contribution in [3.8, 4) is 16.9 Å². The second-order valence-electron chi connectivity index (χ2n) is 8.46. The summed E-state index contributed by atoms with van der Waals surface area (Å²) in [5, 5.41) is 19.6. The van der Waals surface area contributed by atoms with Gasteiger partial charge in [0.2, 0.25) is 10.0 Å². The predicted octanol–water partition coefficient (Wildman–Crippen LogP) is 3.41. The van der Waals surface area contributed by atoms with Crippen LogP contribution >= 0.6 is 0 Å². The number of sulfonamides is 1. The van der Waals surface area contributed by atoms with Gasteiger partial charge in [0, 0.05) is 29.5 Å². The van der Waals surface area contributed by atoms with Crippen LogP contribution in [0.15, 0.2) is 83.8 Å². The Morgan fingerprint density at radius 1 is 0.971 bits per heavy atom. The first-order valence-electron chi connectivity index (χ1n) is 10.9. The van der Waals surface area contributed by atoms with Gasteiger partial charge in [-0.05, 0) is 29.3 Å². The number of nitrogens with one attached hydrogen (secondary N) is 1. The molecule has 4 atom stereocenters. The van der Waals surface area contributed by atoms with E-state index in [0.29, 0.717) is 11.3 Å². The number of carboxylic acids is 1. The second-order valence-corrected chi connectivity index (χ2v) is 10.2.